The van der Waals surface area contributed by atoms with Gasteiger partial charge in [-0.1, -0.05) is 0 Å². The van der Waals surface area contributed by atoms with Gasteiger partial charge >= 0.3 is 18.4 Å². The molecule has 0 bridgehead atoms. The zero-order valence-electron chi connectivity index (χ0n) is 15.7. The first-order valence-electron chi connectivity index (χ1n) is 8.65. The van der Waals surface area contributed by atoms with Crippen LogP contribution >= 0.6 is 0 Å². The van der Waals surface area contributed by atoms with Crippen molar-refractivity contribution in [1.82, 2.24) is 10.2 Å². The van der Waals surface area contributed by atoms with Crippen LogP contribution in [-0.4, -0.2) is 42.3 Å². The maximum absolute atomic E-state index is 13.0. The normalized spacial score (nSPS) is 18.9. The third kappa shape index (κ3) is 6.02. The van der Waals surface area contributed by atoms with E-state index in [1.807, 2.05) is 0 Å². The van der Waals surface area contributed by atoms with Gasteiger partial charge in [0, 0.05) is 19.6 Å². The fourth-order valence-corrected chi connectivity index (χ4v) is 2.91. The van der Waals surface area contributed by atoms with Gasteiger partial charge in [-0.05, 0) is 51.0 Å². The van der Waals surface area contributed by atoms with Crippen molar-refractivity contribution in [2.45, 2.75) is 51.2 Å². The minimum Gasteiger partial charge on any atom is -0.444 e. The third-order valence-corrected chi connectivity index (χ3v) is 4.10. The number of carbonyl (C=O) groups is 1. The summed E-state index contributed by atoms with van der Waals surface area (Å²) in [6, 6.07) is 0.843. The van der Waals surface area contributed by atoms with Crippen LogP contribution in [0.15, 0.2) is 18.2 Å². The molecule has 1 saturated heterocycles. The molecule has 158 valence electrons. The maximum Gasteiger partial charge on any atom is 0.416 e. The van der Waals surface area contributed by atoms with Crippen LogP contribution in [0.1, 0.15) is 37.5 Å². The minimum atomic E-state index is -4.91. The number of amides is 1. The largest absolute Gasteiger partial charge is 0.444 e. The number of halogens is 6. The molecule has 1 aliphatic heterocycles. The summed E-state index contributed by atoms with van der Waals surface area (Å²) in [5.41, 5.74) is -3.66. The number of alkyl halides is 6. The van der Waals surface area contributed by atoms with Crippen molar-refractivity contribution in [2.75, 3.05) is 19.6 Å². The molecule has 1 atom stereocenters. The summed E-state index contributed by atoms with van der Waals surface area (Å²) in [4.78, 5) is 13.7. The second-order valence-corrected chi connectivity index (χ2v) is 7.65. The highest BCUT2D eigenvalue weighted by Gasteiger charge is 2.38. The molecular formula is C18H22F6N2O2. The molecule has 10 heteroatoms. The molecular weight excluding hydrogens is 390 g/mol. The zero-order chi connectivity index (χ0) is 21.3. The molecule has 0 aliphatic carbocycles. The standard InChI is InChI=1S/C18H22F6N2O2/c1-16(2,3)28-15(27)26-5-4-25-10-14(26)8-11-6-12(17(19,20)21)9-13(7-11)18(22,23)24/h6-7,9,14,25H,4-5,8,10H2,1-3H3/t14-/m0/s1. The Morgan fingerprint density at radius 3 is 2.07 bits per heavy atom. The van der Waals surface area contributed by atoms with Crippen molar-refractivity contribution in [2.24, 2.45) is 0 Å². The molecule has 1 amide bonds. The number of carbonyl (C=O) groups excluding carboxylic acids is 1. The molecule has 1 fully saturated rings. The molecule has 0 saturated carbocycles. The van der Waals surface area contributed by atoms with Gasteiger partial charge in [-0.25, -0.2) is 4.79 Å². The average Bonchev–Trinajstić information content (AvgIpc) is 2.51. The summed E-state index contributed by atoms with van der Waals surface area (Å²) < 4.78 is 83.5. The summed E-state index contributed by atoms with van der Waals surface area (Å²) in [5.74, 6) is 0. The Morgan fingerprint density at radius 2 is 1.61 bits per heavy atom. The Kier molecular flexibility index (Phi) is 6.22. The average molecular weight is 412 g/mol. The van der Waals surface area contributed by atoms with E-state index in [1.165, 1.54) is 4.90 Å². The summed E-state index contributed by atoms with van der Waals surface area (Å²) in [5, 5.41) is 3.00. The summed E-state index contributed by atoms with van der Waals surface area (Å²) in [6.45, 7) is 5.94. The molecule has 1 aromatic rings. The first-order valence-corrected chi connectivity index (χ1v) is 8.65. The van der Waals surface area contributed by atoms with Gasteiger partial charge in [0.2, 0.25) is 0 Å². The van der Waals surface area contributed by atoms with Crippen LogP contribution in [0.4, 0.5) is 31.1 Å². The highest BCUT2D eigenvalue weighted by atomic mass is 19.4. The van der Waals surface area contributed by atoms with Gasteiger partial charge in [-0.3, -0.25) is 0 Å². The van der Waals surface area contributed by atoms with E-state index in [0.29, 0.717) is 18.7 Å². The predicted molar refractivity (Wildman–Crippen MR) is 89.7 cm³/mol. The van der Waals surface area contributed by atoms with E-state index in [4.69, 9.17) is 4.74 Å². The number of nitrogens with one attached hydrogen (secondary N) is 1. The minimum absolute atomic E-state index is 0.0915. The van der Waals surface area contributed by atoms with Crippen LogP contribution in [0, 0.1) is 0 Å². The second kappa shape index (κ2) is 7.81. The van der Waals surface area contributed by atoms with Crippen LogP contribution in [0.5, 0.6) is 0 Å². The van der Waals surface area contributed by atoms with Crippen molar-refractivity contribution in [1.29, 1.82) is 0 Å². The molecule has 0 spiro atoms. The van der Waals surface area contributed by atoms with Crippen LogP contribution in [-0.2, 0) is 23.5 Å². The predicted octanol–water partition coefficient (Wildman–Crippen LogP) is 4.48. The molecule has 0 aromatic heterocycles. The molecule has 1 N–H and O–H groups in total. The van der Waals surface area contributed by atoms with E-state index in [1.54, 1.807) is 20.8 Å². The quantitative estimate of drug-likeness (QED) is 0.729. The molecule has 2 rings (SSSR count). The van der Waals surface area contributed by atoms with Crippen molar-refractivity contribution in [3.05, 3.63) is 34.9 Å². The first kappa shape index (κ1) is 22.3. The monoisotopic (exact) mass is 412 g/mol. The van der Waals surface area contributed by atoms with Gasteiger partial charge in [-0.2, -0.15) is 26.3 Å². The summed E-state index contributed by atoms with van der Waals surface area (Å²) in [7, 11) is 0. The molecule has 4 nitrogen and oxygen atoms in total. The maximum atomic E-state index is 13.0. The summed E-state index contributed by atoms with van der Waals surface area (Å²) >= 11 is 0. The molecule has 0 radical (unpaired) electrons. The fourth-order valence-electron chi connectivity index (χ4n) is 2.91. The molecule has 1 heterocycles. The molecule has 28 heavy (non-hydrogen) atoms. The second-order valence-electron chi connectivity index (χ2n) is 7.65. The lowest BCUT2D eigenvalue weighted by Crippen LogP contribution is -2.55. The van der Waals surface area contributed by atoms with Gasteiger partial charge < -0.3 is 15.0 Å². The highest BCUT2D eigenvalue weighted by molar-refractivity contribution is 5.68. The van der Waals surface area contributed by atoms with E-state index >= 15 is 0 Å². The van der Waals surface area contributed by atoms with Crippen molar-refractivity contribution in [3.63, 3.8) is 0 Å². The van der Waals surface area contributed by atoms with Crippen molar-refractivity contribution in [3.8, 4) is 0 Å². The number of hydrogen-bond donors (Lipinski definition) is 1. The van der Waals surface area contributed by atoms with Gasteiger partial charge in [-0.15, -0.1) is 0 Å². The first-order chi connectivity index (χ1) is 12.7. The number of rotatable bonds is 2. The number of hydrogen-bond acceptors (Lipinski definition) is 3. The number of piperazine rings is 1. The van der Waals surface area contributed by atoms with Crippen molar-refractivity contribution >= 4 is 6.09 Å². The molecule has 0 unspecified atom stereocenters. The van der Waals surface area contributed by atoms with Gasteiger partial charge in [0.15, 0.2) is 0 Å². The Balaban J connectivity index is 2.32. The van der Waals surface area contributed by atoms with E-state index in [9.17, 15) is 31.1 Å². The highest BCUT2D eigenvalue weighted by Crippen LogP contribution is 2.36. The smallest absolute Gasteiger partial charge is 0.416 e. The fraction of sp³-hybridized carbons (Fsp3) is 0.611. The Morgan fingerprint density at radius 1 is 1.07 bits per heavy atom. The van der Waals surface area contributed by atoms with E-state index < -0.39 is 41.2 Å². The van der Waals surface area contributed by atoms with Crippen LogP contribution in [0.2, 0.25) is 0 Å². The topological polar surface area (TPSA) is 41.6 Å². The number of ether oxygens (including phenoxy) is 1. The van der Waals surface area contributed by atoms with Crippen molar-refractivity contribution < 1.29 is 35.9 Å². The number of nitrogens with zero attached hydrogens (tertiary/aromatic N) is 1. The van der Waals surface area contributed by atoms with Gasteiger partial charge in [0.05, 0.1) is 17.2 Å². The van der Waals surface area contributed by atoms with E-state index in [2.05, 4.69) is 5.32 Å². The molecule has 1 aliphatic rings. The lowest BCUT2D eigenvalue weighted by atomic mass is 9.98. The van der Waals surface area contributed by atoms with Crippen LogP contribution in [0.3, 0.4) is 0 Å². The Bertz CT molecular complexity index is 677. The van der Waals surface area contributed by atoms with Crippen LogP contribution in [0.25, 0.3) is 0 Å². The Hall–Kier alpha value is -1.97. The lowest BCUT2D eigenvalue weighted by molar-refractivity contribution is -0.143. The van der Waals surface area contributed by atoms with Gasteiger partial charge in [0.1, 0.15) is 5.60 Å². The van der Waals surface area contributed by atoms with E-state index in [0.717, 1.165) is 0 Å². The van der Waals surface area contributed by atoms with Gasteiger partial charge in [0.25, 0.3) is 0 Å². The third-order valence-electron chi connectivity index (χ3n) is 4.10. The zero-order valence-corrected chi connectivity index (χ0v) is 15.7. The summed E-state index contributed by atoms with van der Waals surface area (Å²) in [6.07, 6.45) is -10.6. The van der Waals surface area contributed by atoms with Crippen LogP contribution < -0.4 is 5.32 Å². The number of benzene rings is 1. The SMILES string of the molecule is CC(C)(C)OC(=O)N1CCNC[C@@H]1Cc1cc(C(F)(F)F)cc(C(F)(F)F)c1. The Labute approximate surface area is 158 Å². The molecule has 1 aromatic carbocycles. The lowest BCUT2D eigenvalue weighted by Gasteiger charge is -2.37. The van der Waals surface area contributed by atoms with E-state index in [-0.39, 0.29) is 31.1 Å².